The summed E-state index contributed by atoms with van der Waals surface area (Å²) in [5.74, 6) is 0.955. The summed E-state index contributed by atoms with van der Waals surface area (Å²) in [5.41, 5.74) is 1.12. The normalized spacial score (nSPS) is 18.8. The highest BCUT2D eigenvalue weighted by Gasteiger charge is 2.29. The number of pyridine rings is 1. The van der Waals surface area contributed by atoms with Crippen molar-refractivity contribution in [3.63, 3.8) is 0 Å². The molecule has 1 aliphatic rings. The van der Waals surface area contributed by atoms with Crippen LogP contribution in [0.2, 0.25) is 0 Å². The first-order chi connectivity index (χ1) is 10.3. The molecule has 1 amide bonds. The first-order valence-corrected chi connectivity index (χ1v) is 7.17. The van der Waals surface area contributed by atoms with Crippen LogP contribution in [-0.4, -0.2) is 45.0 Å². The molecule has 0 bridgehead atoms. The summed E-state index contributed by atoms with van der Waals surface area (Å²) in [5, 5.41) is 2.74. The third-order valence-electron chi connectivity index (χ3n) is 3.88. The summed E-state index contributed by atoms with van der Waals surface area (Å²) >= 11 is 0. The van der Waals surface area contributed by atoms with Crippen LogP contribution in [-0.2, 0) is 11.3 Å². The first-order valence-electron chi connectivity index (χ1n) is 7.17. The summed E-state index contributed by atoms with van der Waals surface area (Å²) in [6, 6.07) is 4.02. The number of aromatic nitrogens is 3. The van der Waals surface area contributed by atoms with Gasteiger partial charge in [0.15, 0.2) is 0 Å². The van der Waals surface area contributed by atoms with E-state index in [0.29, 0.717) is 0 Å². The molecule has 1 aliphatic heterocycles. The zero-order chi connectivity index (χ0) is 14.7. The van der Waals surface area contributed by atoms with Crippen molar-refractivity contribution in [2.75, 3.05) is 13.6 Å². The fourth-order valence-corrected chi connectivity index (χ4v) is 2.77. The minimum atomic E-state index is -0.0108. The molecule has 0 radical (unpaired) electrons. The van der Waals surface area contributed by atoms with Gasteiger partial charge in [0.05, 0.1) is 6.04 Å². The number of rotatable bonds is 4. The highest BCUT2D eigenvalue weighted by Crippen LogP contribution is 2.20. The lowest BCUT2D eigenvalue weighted by Gasteiger charge is -2.22. The Hall–Kier alpha value is -2.21. The van der Waals surface area contributed by atoms with E-state index in [1.165, 1.54) is 0 Å². The molecular weight excluding hydrogens is 266 g/mol. The number of hydrogen-bond acceptors (Lipinski definition) is 4. The third kappa shape index (κ3) is 2.95. The molecule has 6 nitrogen and oxygen atoms in total. The van der Waals surface area contributed by atoms with Crippen LogP contribution in [0.3, 0.4) is 0 Å². The van der Waals surface area contributed by atoms with Gasteiger partial charge in [-0.3, -0.25) is 14.3 Å². The summed E-state index contributed by atoms with van der Waals surface area (Å²) in [4.78, 5) is 22.5. The predicted molar refractivity (Wildman–Crippen MR) is 78.9 cm³/mol. The molecule has 0 spiro atoms. The van der Waals surface area contributed by atoms with Crippen molar-refractivity contribution < 1.29 is 4.79 Å². The lowest BCUT2D eigenvalue weighted by Crippen LogP contribution is -2.41. The van der Waals surface area contributed by atoms with Crippen LogP contribution >= 0.6 is 0 Å². The van der Waals surface area contributed by atoms with Crippen molar-refractivity contribution in [2.45, 2.75) is 25.4 Å². The van der Waals surface area contributed by atoms with E-state index in [9.17, 15) is 4.79 Å². The van der Waals surface area contributed by atoms with E-state index in [4.69, 9.17) is 0 Å². The quantitative estimate of drug-likeness (QED) is 0.909. The van der Waals surface area contributed by atoms with E-state index in [1.807, 2.05) is 23.0 Å². The minimum absolute atomic E-state index is 0.0108. The Morgan fingerprint density at radius 2 is 2.38 bits per heavy atom. The van der Waals surface area contributed by atoms with E-state index in [2.05, 4.69) is 26.3 Å². The second-order valence-corrected chi connectivity index (χ2v) is 5.24. The van der Waals surface area contributed by atoms with Gasteiger partial charge in [0, 0.05) is 32.2 Å². The molecule has 1 atom stereocenters. The van der Waals surface area contributed by atoms with Crippen LogP contribution in [0.1, 0.15) is 18.4 Å². The third-order valence-corrected chi connectivity index (χ3v) is 3.88. The summed E-state index contributed by atoms with van der Waals surface area (Å²) in [7, 11) is 1.69. The summed E-state index contributed by atoms with van der Waals surface area (Å²) in [6.45, 7) is 1.72. The zero-order valence-electron chi connectivity index (χ0n) is 12.1. The highest BCUT2D eigenvalue weighted by molar-refractivity contribution is 5.81. The smallest absolute Gasteiger partial charge is 0.237 e. The van der Waals surface area contributed by atoms with Crippen molar-refractivity contribution in [3.8, 4) is 5.82 Å². The molecule has 2 aromatic rings. The van der Waals surface area contributed by atoms with Gasteiger partial charge >= 0.3 is 0 Å². The van der Waals surface area contributed by atoms with Gasteiger partial charge in [-0.1, -0.05) is 6.07 Å². The van der Waals surface area contributed by atoms with Crippen molar-refractivity contribution >= 4 is 5.91 Å². The maximum atomic E-state index is 11.8. The number of likely N-dealkylation sites (N-methyl/N-ethyl adjacent to an activating group) is 1. The molecule has 6 heteroatoms. The fourth-order valence-electron chi connectivity index (χ4n) is 2.77. The van der Waals surface area contributed by atoms with Gasteiger partial charge < -0.3 is 5.32 Å². The first kappa shape index (κ1) is 13.8. The maximum Gasteiger partial charge on any atom is 0.237 e. The second-order valence-electron chi connectivity index (χ2n) is 5.24. The summed E-state index contributed by atoms with van der Waals surface area (Å²) < 4.78 is 1.87. The molecule has 1 N–H and O–H groups in total. The average molecular weight is 285 g/mol. The molecule has 0 aromatic carbocycles. The molecular formula is C15H19N5O. The number of imidazole rings is 1. The molecule has 0 aliphatic carbocycles. The average Bonchev–Trinajstić information content (AvgIpc) is 3.18. The molecule has 110 valence electrons. The van der Waals surface area contributed by atoms with Crippen molar-refractivity contribution in [1.82, 2.24) is 24.8 Å². The molecule has 3 heterocycles. The van der Waals surface area contributed by atoms with Gasteiger partial charge in [-0.2, -0.15) is 0 Å². The Morgan fingerprint density at radius 1 is 1.48 bits per heavy atom. The summed E-state index contributed by atoms with van der Waals surface area (Å²) in [6.07, 6.45) is 9.19. The van der Waals surface area contributed by atoms with E-state index < -0.39 is 0 Å². The predicted octanol–water partition coefficient (Wildman–Crippen LogP) is 0.978. The zero-order valence-corrected chi connectivity index (χ0v) is 12.1. The monoisotopic (exact) mass is 285 g/mol. The lowest BCUT2D eigenvalue weighted by atomic mass is 10.2. The van der Waals surface area contributed by atoms with Gasteiger partial charge in [-0.05, 0) is 31.0 Å². The van der Waals surface area contributed by atoms with Crippen LogP contribution in [0.4, 0.5) is 0 Å². The van der Waals surface area contributed by atoms with E-state index >= 15 is 0 Å². The van der Waals surface area contributed by atoms with Gasteiger partial charge in [-0.15, -0.1) is 0 Å². The Labute approximate surface area is 123 Å². The Kier molecular flexibility index (Phi) is 3.96. The number of hydrogen-bond donors (Lipinski definition) is 1. The fraction of sp³-hybridized carbons (Fsp3) is 0.400. The van der Waals surface area contributed by atoms with E-state index in [1.54, 1.807) is 19.6 Å². The van der Waals surface area contributed by atoms with Crippen LogP contribution < -0.4 is 5.32 Å². The van der Waals surface area contributed by atoms with Gasteiger partial charge in [0.1, 0.15) is 12.1 Å². The van der Waals surface area contributed by atoms with Gasteiger partial charge in [0.25, 0.3) is 0 Å². The number of carbonyl (C=O) groups excluding carboxylic acids is 1. The Bertz CT molecular complexity index is 593. The van der Waals surface area contributed by atoms with Crippen LogP contribution in [0.5, 0.6) is 0 Å². The molecule has 1 fully saturated rings. The topological polar surface area (TPSA) is 63.1 Å². The molecule has 1 saturated heterocycles. The number of nitrogens with one attached hydrogen (secondary N) is 1. The Balaban J connectivity index is 1.69. The molecule has 3 rings (SSSR count). The molecule has 21 heavy (non-hydrogen) atoms. The molecule has 0 saturated carbocycles. The lowest BCUT2D eigenvalue weighted by molar-refractivity contribution is -0.125. The minimum Gasteiger partial charge on any atom is -0.358 e. The SMILES string of the molecule is CNC(=O)C1CCCN1Cc1ccc(-n2ccnc2)nc1. The highest BCUT2D eigenvalue weighted by atomic mass is 16.2. The van der Waals surface area contributed by atoms with Gasteiger partial charge in [-0.25, -0.2) is 9.97 Å². The Morgan fingerprint density at radius 3 is 3.05 bits per heavy atom. The van der Waals surface area contributed by atoms with Gasteiger partial charge in [0.2, 0.25) is 5.91 Å². The van der Waals surface area contributed by atoms with Crippen LogP contribution in [0.25, 0.3) is 5.82 Å². The molecule has 2 aromatic heterocycles. The maximum absolute atomic E-state index is 11.8. The number of amides is 1. The van der Waals surface area contributed by atoms with Crippen molar-refractivity contribution in [1.29, 1.82) is 0 Å². The molecule has 1 unspecified atom stereocenters. The van der Waals surface area contributed by atoms with Crippen molar-refractivity contribution in [2.24, 2.45) is 0 Å². The second kappa shape index (κ2) is 6.05. The number of nitrogens with zero attached hydrogens (tertiary/aromatic N) is 4. The van der Waals surface area contributed by atoms with Crippen molar-refractivity contribution in [3.05, 3.63) is 42.6 Å². The largest absolute Gasteiger partial charge is 0.358 e. The number of carbonyl (C=O) groups is 1. The van der Waals surface area contributed by atoms with Crippen LogP contribution in [0.15, 0.2) is 37.1 Å². The number of likely N-dealkylation sites (tertiary alicyclic amines) is 1. The van der Waals surface area contributed by atoms with Crippen LogP contribution in [0, 0.1) is 0 Å². The van der Waals surface area contributed by atoms with E-state index in [-0.39, 0.29) is 11.9 Å². The van der Waals surface area contributed by atoms with E-state index in [0.717, 1.165) is 37.3 Å². The standard InChI is InChI=1S/C15H19N5O/c1-16-15(21)13-3-2-7-19(13)10-12-4-5-14(18-9-12)20-8-6-17-11-20/h4-6,8-9,11,13H,2-3,7,10H2,1H3,(H,16,21).